The van der Waals surface area contributed by atoms with Crippen LogP contribution in [0, 0.1) is 12.8 Å². The van der Waals surface area contributed by atoms with Crippen molar-refractivity contribution in [3.05, 3.63) is 11.4 Å². The summed E-state index contributed by atoms with van der Waals surface area (Å²) in [4.78, 5) is 2.39. The highest BCUT2D eigenvalue weighted by atomic mass is 16.6. The molecule has 1 N–H and O–H groups in total. The Morgan fingerprint density at radius 2 is 2.21 bits per heavy atom. The van der Waals surface area contributed by atoms with E-state index in [9.17, 15) is 0 Å². The predicted octanol–water partition coefficient (Wildman–Crippen LogP) is 1.98. The topological polar surface area (TPSA) is 54.2 Å². The van der Waals surface area contributed by atoms with Crippen molar-refractivity contribution in [1.29, 1.82) is 0 Å². The van der Waals surface area contributed by atoms with E-state index in [1.54, 1.807) is 0 Å². The summed E-state index contributed by atoms with van der Waals surface area (Å²) in [5, 5.41) is 11.3. The second-order valence-electron chi connectivity index (χ2n) is 6.22. The summed E-state index contributed by atoms with van der Waals surface area (Å²) in [6.07, 6.45) is 5.23. The Bertz CT molecular complexity index is 404. The molecule has 2 atom stereocenters. The highest BCUT2D eigenvalue weighted by Crippen LogP contribution is 2.35. The Balaban J connectivity index is 1.92. The molecule has 108 valence electrons. The van der Waals surface area contributed by atoms with E-state index < -0.39 is 0 Å². The van der Waals surface area contributed by atoms with E-state index in [4.69, 9.17) is 4.63 Å². The fourth-order valence-electron chi connectivity index (χ4n) is 3.18. The second-order valence-corrected chi connectivity index (χ2v) is 6.22. The number of nitrogens with zero attached hydrogens (tertiary/aromatic N) is 3. The molecule has 1 heterocycles. The van der Waals surface area contributed by atoms with Crippen LogP contribution in [0.25, 0.3) is 0 Å². The molecule has 0 spiro atoms. The van der Waals surface area contributed by atoms with Crippen molar-refractivity contribution in [2.45, 2.75) is 51.6 Å². The molecule has 19 heavy (non-hydrogen) atoms. The number of nitrogens with one attached hydrogen (secondary N) is 1. The van der Waals surface area contributed by atoms with Crippen LogP contribution < -0.4 is 5.32 Å². The molecule has 1 saturated carbocycles. The van der Waals surface area contributed by atoms with Gasteiger partial charge in [0, 0.05) is 18.6 Å². The molecule has 0 bridgehead atoms. The number of likely N-dealkylation sites (N-methyl/N-ethyl adjacent to an activating group) is 1. The zero-order valence-corrected chi connectivity index (χ0v) is 12.6. The minimum Gasteiger partial charge on any atom is -0.309 e. The molecule has 5 nitrogen and oxygen atoms in total. The van der Waals surface area contributed by atoms with Crippen LogP contribution in [0.3, 0.4) is 0 Å². The van der Waals surface area contributed by atoms with Crippen molar-refractivity contribution in [1.82, 2.24) is 20.5 Å². The first-order valence-corrected chi connectivity index (χ1v) is 7.20. The number of aromatic nitrogens is 2. The number of hydrogen-bond donors (Lipinski definition) is 1. The Morgan fingerprint density at radius 3 is 2.79 bits per heavy atom. The van der Waals surface area contributed by atoms with E-state index in [0.717, 1.165) is 30.4 Å². The van der Waals surface area contributed by atoms with Crippen LogP contribution in [-0.4, -0.2) is 41.4 Å². The lowest BCUT2D eigenvalue weighted by Gasteiger charge is -2.45. The maximum absolute atomic E-state index is 4.73. The number of rotatable bonds is 5. The largest absolute Gasteiger partial charge is 0.309 e. The van der Waals surface area contributed by atoms with Crippen LogP contribution in [0.2, 0.25) is 0 Å². The van der Waals surface area contributed by atoms with Gasteiger partial charge >= 0.3 is 0 Å². The maximum atomic E-state index is 4.73. The van der Waals surface area contributed by atoms with Crippen LogP contribution in [0.1, 0.15) is 44.0 Å². The van der Waals surface area contributed by atoms with E-state index in [1.807, 2.05) is 6.92 Å². The van der Waals surface area contributed by atoms with Gasteiger partial charge in [-0.25, -0.2) is 4.63 Å². The normalized spacial score (nSPS) is 27.9. The summed E-state index contributed by atoms with van der Waals surface area (Å²) in [6.45, 7) is 6.02. The fourth-order valence-corrected chi connectivity index (χ4v) is 3.18. The standard InChI is InChI=1S/C14H26N4O/c1-11-6-5-7-14(8-11,18(3)4)10-15-9-13-12(2)16-19-17-13/h11,15H,5-10H2,1-4H3. The minimum atomic E-state index is 0.280. The Morgan fingerprint density at radius 1 is 1.42 bits per heavy atom. The van der Waals surface area contributed by atoms with Gasteiger partial charge in [0.15, 0.2) is 0 Å². The van der Waals surface area contributed by atoms with Crippen LogP contribution in [0.5, 0.6) is 0 Å². The van der Waals surface area contributed by atoms with Gasteiger partial charge < -0.3 is 10.2 Å². The third kappa shape index (κ3) is 3.34. The van der Waals surface area contributed by atoms with E-state index in [0.29, 0.717) is 0 Å². The van der Waals surface area contributed by atoms with Crippen LogP contribution in [0.15, 0.2) is 4.63 Å². The van der Waals surface area contributed by atoms with E-state index in [2.05, 4.69) is 41.5 Å². The highest BCUT2D eigenvalue weighted by Gasteiger charge is 2.36. The van der Waals surface area contributed by atoms with Crippen molar-refractivity contribution in [3.8, 4) is 0 Å². The van der Waals surface area contributed by atoms with Crippen molar-refractivity contribution >= 4 is 0 Å². The van der Waals surface area contributed by atoms with Gasteiger partial charge in [0.2, 0.25) is 0 Å². The van der Waals surface area contributed by atoms with Gasteiger partial charge in [-0.1, -0.05) is 30.1 Å². The molecule has 0 aliphatic heterocycles. The van der Waals surface area contributed by atoms with Gasteiger partial charge in [0.25, 0.3) is 0 Å². The third-order valence-electron chi connectivity index (χ3n) is 4.51. The summed E-state index contributed by atoms with van der Waals surface area (Å²) >= 11 is 0. The molecular weight excluding hydrogens is 240 g/mol. The summed E-state index contributed by atoms with van der Waals surface area (Å²) in [5.74, 6) is 0.813. The average molecular weight is 266 g/mol. The first-order valence-electron chi connectivity index (χ1n) is 7.20. The first kappa shape index (κ1) is 14.5. The van der Waals surface area contributed by atoms with Gasteiger partial charge in [-0.15, -0.1) is 0 Å². The van der Waals surface area contributed by atoms with Gasteiger partial charge in [-0.3, -0.25) is 0 Å². The molecule has 1 aliphatic rings. The van der Waals surface area contributed by atoms with Crippen LogP contribution >= 0.6 is 0 Å². The monoisotopic (exact) mass is 266 g/mol. The Kier molecular flexibility index (Phi) is 4.58. The lowest BCUT2D eigenvalue weighted by molar-refractivity contribution is 0.0748. The van der Waals surface area contributed by atoms with Crippen LogP contribution in [0.4, 0.5) is 0 Å². The molecule has 0 radical (unpaired) electrons. The lowest BCUT2D eigenvalue weighted by Crippen LogP contribution is -2.54. The number of aryl methyl sites for hydroxylation is 1. The summed E-state index contributed by atoms with van der Waals surface area (Å²) < 4.78 is 4.73. The molecule has 1 aromatic rings. The SMILES string of the molecule is Cc1nonc1CNCC1(N(C)C)CCCC(C)C1. The zero-order valence-electron chi connectivity index (χ0n) is 12.6. The zero-order chi connectivity index (χ0) is 13.9. The summed E-state index contributed by atoms with van der Waals surface area (Å²) in [5.41, 5.74) is 2.07. The van der Waals surface area contributed by atoms with E-state index in [-0.39, 0.29) is 5.54 Å². The van der Waals surface area contributed by atoms with Crippen molar-refractivity contribution in [2.75, 3.05) is 20.6 Å². The van der Waals surface area contributed by atoms with Crippen molar-refractivity contribution < 1.29 is 4.63 Å². The van der Waals surface area contributed by atoms with Crippen molar-refractivity contribution in [3.63, 3.8) is 0 Å². The Labute approximate surface area is 115 Å². The molecule has 0 amide bonds. The molecule has 0 saturated heterocycles. The van der Waals surface area contributed by atoms with Gasteiger partial charge in [0.1, 0.15) is 11.4 Å². The minimum absolute atomic E-state index is 0.280. The highest BCUT2D eigenvalue weighted by molar-refractivity contribution is 5.04. The molecular formula is C14H26N4O. The Hall–Kier alpha value is -0.940. The molecule has 0 aromatic carbocycles. The lowest BCUT2D eigenvalue weighted by atomic mass is 9.75. The van der Waals surface area contributed by atoms with Gasteiger partial charge in [-0.2, -0.15) is 0 Å². The predicted molar refractivity (Wildman–Crippen MR) is 74.8 cm³/mol. The fraction of sp³-hybridized carbons (Fsp3) is 0.857. The van der Waals surface area contributed by atoms with E-state index >= 15 is 0 Å². The molecule has 1 aromatic heterocycles. The quantitative estimate of drug-likeness (QED) is 0.883. The van der Waals surface area contributed by atoms with Gasteiger partial charge in [0.05, 0.1) is 0 Å². The molecule has 1 fully saturated rings. The number of hydrogen-bond acceptors (Lipinski definition) is 5. The summed E-state index contributed by atoms with van der Waals surface area (Å²) in [7, 11) is 4.39. The molecule has 2 rings (SSSR count). The second kappa shape index (κ2) is 6.01. The van der Waals surface area contributed by atoms with E-state index in [1.165, 1.54) is 25.7 Å². The first-order chi connectivity index (χ1) is 9.03. The van der Waals surface area contributed by atoms with Crippen molar-refractivity contribution in [2.24, 2.45) is 5.92 Å². The van der Waals surface area contributed by atoms with Gasteiger partial charge in [-0.05, 0) is 39.8 Å². The average Bonchev–Trinajstić information content (AvgIpc) is 2.75. The molecule has 2 unspecified atom stereocenters. The smallest absolute Gasteiger partial charge is 0.121 e. The van der Waals surface area contributed by atoms with Crippen LogP contribution in [-0.2, 0) is 6.54 Å². The molecule has 5 heteroatoms. The maximum Gasteiger partial charge on any atom is 0.121 e. The molecule has 1 aliphatic carbocycles. The summed E-state index contributed by atoms with van der Waals surface area (Å²) in [6, 6.07) is 0. The third-order valence-corrected chi connectivity index (χ3v) is 4.51.